The minimum Gasteiger partial charge on any atom is -0.258 e. The molecule has 2 aromatic rings. The third-order valence-corrected chi connectivity index (χ3v) is 3.33. The quantitative estimate of drug-likeness (QED) is 0.483. The van der Waals surface area contributed by atoms with Crippen molar-refractivity contribution < 1.29 is 9.85 Å². The Morgan fingerprint density at radius 2 is 1.62 bits per heavy atom. The molecule has 21 heavy (non-hydrogen) atoms. The Hall–Kier alpha value is -2.25. The highest BCUT2D eigenvalue weighted by Crippen LogP contribution is 2.29. The second-order valence-electron chi connectivity index (χ2n) is 4.11. The van der Waals surface area contributed by atoms with Crippen molar-refractivity contribution in [2.24, 2.45) is 0 Å². The van der Waals surface area contributed by atoms with E-state index in [0.29, 0.717) is 11.1 Å². The van der Waals surface area contributed by atoms with E-state index in [-0.39, 0.29) is 28.1 Å². The van der Waals surface area contributed by atoms with Crippen LogP contribution in [-0.4, -0.2) is 14.8 Å². The zero-order valence-electron chi connectivity index (χ0n) is 10.3. The van der Waals surface area contributed by atoms with Crippen molar-refractivity contribution in [3.05, 3.63) is 72.0 Å². The standard InChI is InChI=1S/C12H7Cl2N3O4/c13-11-8(6-10(17(20)21)12(14)15-11)5-7-1-3-9(4-2-7)16(18)19/h1-4,6H,5H2. The maximum Gasteiger partial charge on any atom is 0.306 e. The highest BCUT2D eigenvalue weighted by Gasteiger charge is 2.18. The molecule has 0 aliphatic heterocycles. The van der Waals surface area contributed by atoms with E-state index >= 15 is 0 Å². The molecule has 0 bridgehead atoms. The molecule has 0 aliphatic rings. The maximum absolute atomic E-state index is 10.8. The molecule has 0 saturated carbocycles. The molecule has 0 saturated heterocycles. The van der Waals surface area contributed by atoms with Gasteiger partial charge in [0.25, 0.3) is 5.69 Å². The van der Waals surface area contributed by atoms with Gasteiger partial charge in [-0.2, -0.15) is 0 Å². The second-order valence-corrected chi connectivity index (χ2v) is 4.82. The highest BCUT2D eigenvalue weighted by atomic mass is 35.5. The van der Waals surface area contributed by atoms with Crippen LogP contribution in [0.3, 0.4) is 0 Å². The first-order valence-electron chi connectivity index (χ1n) is 5.61. The van der Waals surface area contributed by atoms with Gasteiger partial charge >= 0.3 is 5.69 Å². The molecular weight excluding hydrogens is 321 g/mol. The minimum atomic E-state index is -0.648. The summed E-state index contributed by atoms with van der Waals surface area (Å²) in [4.78, 5) is 23.9. The summed E-state index contributed by atoms with van der Waals surface area (Å²) in [6.45, 7) is 0. The molecule has 1 aromatic heterocycles. The number of nitro benzene ring substituents is 1. The van der Waals surface area contributed by atoms with Crippen LogP contribution >= 0.6 is 23.2 Å². The number of nitrogens with zero attached hydrogens (tertiary/aromatic N) is 3. The van der Waals surface area contributed by atoms with E-state index in [1.807, 2.05) is 0 Å². The highest BCUT2D eigenvalue weighted by molar-refractivity contribution is 6.34. The van der Waals surface area contributed by atoms with Gasteiger partial charge in [-0.15, -0.1) is 0 Å². The van der Waals surface area contributed by atoms with E-state index in [0.717, 1.165) is 0 Å². The summed E-state index contributed by atoms with van der Waals surface area (Å²) >= 11 is 11.6. The Balaban J connectivity index is 2.32. The molecule has 1 heterocycles. The molecule has 0 atom stereocenters. The first-order chi connectivity index (χ1) is 9.88. The summed E-state index contributed by atoms with van der Waals surface area (Å²) < 4.78 is 0. The number of hydrogen-bond acceptors (Lipinski definition) is 5. The largest absolute Gasteiger partial charge is 0.306 e. The average molecular weight is 328 g/mol. The zero-order chi connectivity index (χ0) is 15.6. The van der Waals surface area contributed by atoms with Gasteiger partial charge in [0.1, 0.15) is 5.15 Å². The smallest absolute Gasteiger partial charge is 0.258 e. The predicted molar refractivity (Wildman–Crippen MR) is 76.8 cm³/mol. The van der Waals surface area contributed by atoms with Crippen molar-refractivity contribution >= 4 is 34.6 Å². The van der Waals surface area contributed by atoms with Crippen LogP contribution in [0.4, 0.5) is 11.4 Å². The van der Waals surface area contributed by atoms with Gasteiger partial charge in [0.2, 0.25) is 5.15 Å². The van der Waals surface area contributed by atoms with Crippen LogP contribution in [-0.2, 0) is 6.42 Å². The van der Waals surface area contributed by atoms with Crippen LogP contribution in [0.5, 0.6) is 0 Å². The van der Waals surface area contributed by atoms with Crippen LogP contribution in [0.25, 0.3) is 0 Å². The van der Waals surface area contributed by atoms with Gasteiger partial charge in [-0.3, -0.25) is 20.2 Å². The fourth-order valence-electron chi connectivity index (χ4n) is 1.71. The molecule has 9 heteroatoms. The Morgan fingerprint density at radius 1 is 1.00 bits per heavy atom. The van der Waals surface area contributed by atoms with Crippen molar-refractivity contribution in [2.45, 2.75) is 6.42 Å². The van der Waals surface area contributed by atoms with Crippen LogP contribution < -0.4 is 0 Å². The minimum absolute atomic E-state index is 0.0370. The van der Waals surface area contributed by atoms with Gasteiger partial charge in [0, 0.05) is 30.2 Å². The summed E-state index contributed by atoms with van der Waals surface area (Å²) in [5, 5.41) is 21.2. The van der Waals surface area contributed by atoms with Crippen LogP contribution in [0.15, 0.2) is 30.3 Å². The normalized spacial score (nSPS) is 10.4. The van der Waals surface area contributed by atoms with Crippen molar-refractivity contribution in [3.8, 4) is 0 Å². The van der Waals surface area contributed by atoms with Gasteiger partial charge in [-0.25, -0.2) is 4.98 Å². The first kappa shape index (κ1) is 15.1. The van der Waals surface area contributed by atoms with Crippen molar-refractivity contribution in [2.75, 3.05) is 0 Å². The summed E-state index contributed by atoms with van der Waals surface area (Å²) in [6.07, 6.45) is 0.252. The molecular formula is C12H7Cl2N3O4. The number of nitro groups is 2. The molecule has 0 fully saturated rings. The lowest BCUT2D eigenvalue weighted by Crippen LogP contribution is -1.98. The third-order valence-electron chi connectivity index (χ3n) is 2.72. The van der Waals surface area contributed by atoms with E-state index in [9.17, 15) is 20.2 Å². The maximum atomic E-state index is 10.8. The molecule has 1 aromatic carbocycles. The van der Waals surface area contributed by atoms with Crippen molar-refractivity contribution in [1.82, 2.24) is 4.98 Å². The van der Waals surface area contributed by atoms with E-state index in [1.54, 1.807) is 12.1 Å². The number of aromatic nitrogens is 1. The molecule has 7 nitrogen and oxygen atoms in total. The SMILES string of the molecule is O=[N+]([O-])c1ccc(Cc2cc([N+](=O)[O-])c(Cl)nc2Cl)cc1. The molecule has 0 radical (unpaired) electrons. The summed E-state index contributed by atoms with van der Waals surface area (Å²) in [5.41, 5.74) is 0.755. The van der Waals surface area contributed by atoms with Gasteiger partial charge in [0.05, 0.1) is 9.85 Å². The van der Waals surface area contributed by atoms with Gasteiger partial charge < -0.3 is 0 Å². The Morgan fingerprint density at radius 3 is 2.14 bits per heavy atom. The Labute approximate surface area is 128 Å². The average Bonchev–Trinajstić information content (AvgIpc) is 2.42. The number of pyridine rings is 1. The lowest BCUT2D eigenvalue weighted by Gasteiger charge is -2.05. The predicted octanol–water partition coefficient (Wildman–Crippen LogP) is 3.80. The van der Waals surface area contributed by atoms with Gasteiger partial charge in [-0.1, -0.05) is 35.3 Å². The molecule has 0 unspecified atom stereocenters. The summed E-state index contributed by atoms with van der Waals surface area (Å²) in [5.74, 6) is 0. The summed E-state index contributed by atoms with van der Waals surface area (Å²) in [6, 6.07) is 7.05. The molecule has 0 N–H and O–H groups in total. The fourth-order valence-corrected chi connectivity index (χ4v) is 2.16. The van der Waals surface area contributed by atoms with Crippen molar-refractivity contribution in [1.29, 1.82) is 0 Å². The lowest BCUT2D eigenvalue weighted by atomic mass is 10.1. The fraction of sp³-hybridized carbons (Fsp3) is 0.0833. The third kappa shape index (κ3) is 3.45. The lowest BCUT2D eigenvalue weighted by molar-refractivity contribution is -0.385. The van der Waals surface area contributed by atoms with Crippen LogP contribution in [0, 0.1) is 20.2 Å². The zero-order valence-corrected chi connectivity index (χ0v) is 11.8. The molecule has 108 valence electrons. The van der Waals surface area contributed by atoms with Crippen LogP contribution in [0.1, 0.15) is 11.1 Å². The monoisotopic (exact) mass is 327 g/mol. The number of hydrogen-bond donors (Lipinski definition) is 0. The molecule has 0 spiro atoms. The van der Waals surface area contributed by atoms with E-state index in [1.165, 1.54) is 18.2 Å². The van der Waals surface area contributed by atoms with Crippen LogP contribution in [0.2, 0.25) is 10.3 Å². The molecule has 2 rings (SSSR count). The summed E-state index contributed by atoms with van der Waals surface area (Å²) in [7, 11) is 0. The van der Waals surface area contributed by atoms with Crippen molar-refractivity contribution in [3.63, 3.8) is 0 Å². The van der Waals surface area contributed by atoms with Gasteiger partial charge in [0.15, 0.2) is 0 Å². The topological polar surface area (TPSA) is 99.2 Å². The molecule has 0 amide bonds. The Bertz CT molecular complexity index is 719. The number of benzene rings is 1. The first-order valence-corrected chi connectivity index (χ1v) is 6.36. The number of rotatable bonds is 4. The van der Waals surface area contributed by atoms with E-state index in [4.69, 9.17) is 23.2 Å². The Kier molecular flexibility index (Phi) is 4.35. The number of non-ortho nitro benzene ring substituents is 1. The second kappa shape index (κ2) is 6.02. The van der Waals surface area contributed by atoms with E-state index < -0.39 is 9.85 Å². The molecule has 0 aliphatic carbocycles. The van der Waals surface area contributed by atoms with Gasteiger partial charge in [-0.05, 0) is 5.56 Å². The number of halogens is 2. The van der Waals surface area contributed by atoms with E-state index in [2.05, 4.69) is 4.98 Å².